The predicted molar refractivity (Wildman–Crippen MR) is 143 cm³/mol. The Hall–Kier alpha value is -4.14. The molecule has 3 aromatic heterocycles. The van der Waals surface area contributed by atoms with Crippen molar-refractivity contribution in [3.05, 3.63) is 62.4 Å². The maximum atomic E-state index is 9.25. The van der Waals surface area contributed by atoms with Gasteiger partial charge >= 0.3 is 0 Å². The molecule has 4 rings (SSSR count). The van der Waals surface area contributed by atoms with Gasteiger partial charge in [0, 0.05) is 9.75 Å². The zero-order valence-electron chi connectivity index (χ0n) is 19.7. The van der Waals surface area contributed by atoms with Gasteiger partial charge in [0.15, 0.2) is 0 Å². The average molecular weight is 492 g/mol. The molecule has 0 bridgehead atoms. The molecule has 3 heterocycles. The number of nitrogens with zero attached hydrogens (tertiary/aromatic N) is 5. The number of thiophene rings is 2. The number of fused-ring (bicyclic) bond motifs is 3. The summed E-state index contributed by atoms with van der Waals surface area (Å²) in [6.45, 7) is 8.73. The van der Waals surface area contributed by atoms with E-state index in [-0.39, 0.29) is 11.1 Å². The molecule has 170 valence electrons. The molecule has 0 amide bonds. The Morgan fingerprint density at radius 1 is 0.743 bits per heavy atom. The normalized spacial score (nSPS) is 10.7. The number of nitriles is 4. The van der Waals surface area contributed by atoms with Crippen LogP contribution in [0.4, 0.5) is 0 Å². The summed E-state index contributed by atoms with van der Waals surface area (Å²) in [4.78, 5) is 1.66. The SMILES string of the molecule is CC(C)c1cccc(C(C)C)c1-n1c2cc(C=C(C#N)C#N)sc2c2sc(C=C(C#N)C#N)cc21. The van der Waals surface area contributed by atoms with Crippen molar-refractivity contribution in [2.45, 2.75) is 39.5 Å². The minimum atomic E-state index is 0.0598. The summed E-state index contributed by atoms with van der Waals surface area (Å²) in [5.74, 6) is 0.583. The van der Waals surface area contributed by atoms with E-state index in [0.29, 0.717) is 11.8 Å². The van der Waals surface area contributed by atoms with Gasteiger partial charge in [-0.2, -0.15) is 21.0 Å². The van der Waals surface area contributed by atoms with Gasteiger partial charge in [-0.1, -0.05) is 45.9 Å². The second kappa shape index (κ2) is 9.61. The van der Waals surface area contributed by atoms with E-state index in [1.54, 1.807) is 12.2 Å². The van der Waals surface area contributed by atoms with Crippen LogP contribution in [-0.4, -0.2) is 4.57 Å². The molecule has 5 nitrogen and oxygen atoms in total. The molecule has 4 aromatic rings. The largest absolute Gasteiger partial charge is 0.307 e. The topological polar surface area (TPSA) is 100 Å². The number of allylic oxidation sites excluding steroid dienone is 2. The number of para-hydroxylation sites is 1. The predicted octanol–water partition coefficient (Wildman–Crippen LogP) is 8.01. The number of benzene rings is 1. The van der Waals surface area contributed by atoms with Crippen molar-refractivity contribution in [1.82, 2.24) is 4.57 Å². The molecule has 0 aliphatic heterocycles. The fourth-order valence-electron chi connectivity index (χ4n) is 4.20. The molecule has 0 N–H and O–H groups in total. The average Bonchev–Trinajstić information content (AvgIpc) is 3.50. The van der Waals surface area contributed by atoms with Gasteiger partial charge in [0.25, 0.3) is 0 Å². The van der Waals surface area contributed by atoms with Crippen LogP contribution in [0.15, 0.2) is 41.5 Å². The lowest BCUT2D eigenvalue weighted by molar-refractivity contribution is 0.815. The quantitative estimate of drug-likeness (QED) is 0.264. The minimum absolute atomic E-state index is 0.0598. The summed E-state index contributed by atoms with van der Waals surface area (Å²) in [6, 6.07) is 18.3. The first-order valence-corrected chi connectivity index (χ1v) is 12.7. The Morgan fingerprint density at radius 2 is 1.14 bits per heavy atom. The van der Waals surface area contributed by atoms with Gasteiger partial charge in [0.2, 0.25) is 0 Å². The van der Waals surface area contributed by atoms with Gasteiger partial charge in [-0.15, -0.1) is 22.7 Å². The molecule has 0 unspecified atom stereocenters. The van der Waals surface area contributed by atoms with E-state index >= 15 is 0 Å². The Kier molecular flexibility index (Phi) is 6.59. The third kappa shape index (κ3) is 4.25. The maximum Gasteiger partial charge on any atom is 0.131 e. The van der Waals surface area contributed by atoms with Gasteiger partial charge in [-0.05, 0) is 47.2 Å². The first-order valence-electron chi connectivity index (χ1n) is 11.1. The minimum Gasteiger partial charge on any atom is -0.307 e. The van der Waals surface area contributed by atoms with Crippen molar-refractivity contribution < 1.29 is 0 Å². The van der Waals surface area contributed by atoms with Crippen LogP contribution in [-0.2, 0) is 0 Å². The Labute approximate surface area is 212 Å². The standard InChI is InChI=1S/C28H21N5S2/c1-16(2)22-6-5-7-23(17(3)4)26(22)33-24-10-20(8-18(12-29)13-30)34-27(24)28-25(33)11-21(35-28)9-19(14-31)15-32/h5-11,16-17H,1-4H3. The number of aromatic nitrogens is 1. The first kappa shape index (κ1) is 24.0. The molecule has 0 saturated carbocycles. The van der Waals surface area contributed by atoms with Crippen LogP contribution in [0.2, 0.25) is 0 Å². The summed E-state index contributed by atoms with van der Waals surface area (Å²) in [7, 11) is 0. The van der Waals surface area contributed by atoms with Crippen molar-refractivity contribution in [1.29, 1.82) is 21.0 Å². The molecule has 1 aromatic carbocycles. The third-order valence-electron chi connectivity index (χ3n) is 5.77. The van der Waals surface area contributed by atoms with Gasteiger partial charge in [0.1, 0.15) is 35.4 Å². The highest BCUT2D eigenvalue weighted by molar-refractivity contribution is 7.28. The van der Waals surface area contributed by atoms with Crippen LogP contribution in [0.1, 0.15) is 60.4 Å². The van der Waals surface area contributed by atoms with Crippen molar-refractivity contribution in [3.8, 4) is 30.0 Å². The van der Waals surface area contributed by atoms with E-state index in [1.807, 2.05) is 36.4 Å². The van der Waals surface area contributed by atoms with Crippen LogP contribution >= 0.6 is 22.7 Å². The second-order valence-corrected chi connectivity index (χ2v) is 10.9. The molecule has 0 fully saturated rings. The van der Waals surface area contributed by atoms with Crippen molar-refractivity contribution in [3.63, 3.8) is 0 Å². The highest BCUT2D eigenvalue weighted by Gasteiger charge is 2.23. The summed E-state index contributed by atoms with van der Waals surface area (Å²) in [6.07, 6.45) is 3.24. The van der Waals surface area contributed by atoms with Crippen molar-refractivity contribution in [2.75, 3.05) is 0 Å². The fourth-order valence-corrected chi connectivity index (χ4v) is 6.52. The van der Waals surface area contributed by atoms with E-state index in [0.717, 1.165) is 35.9 Å². The lowest BCUT2D eigenvalue weighted by Crippen LogP contribution is -2.06. The van der Waals surface area contributed by atoms with Crippen LogP contribution in [0.25, 0.3) is 38.3 Å². The van der Waals surface area contributed by atoms with E-state index < -0.39 is 0 Å². The Morgan fingerprint density at radius 3 is 1.49 bits per heavy atom. The molecule has 35 heavy (non-hydrogen) atoms. The zero-order chi connectivity index (χ0) is 25.3. The number of hydrogen-bond acceptors (Lipinski definition) is 6. The highest BCUT2D eigenvalue weighted by Crippen LogP contribution is 2.45. The van der Waals surface area contributed by atoms with E-state index in [9.17, 15) is 21.0 Å². The zero-order valence-corrected chi connectivity index (χ0v) is 21.4. The van der Waals surface area contributed by atoms with E-state index in [1.165, 1.54) is 33.8 Å². The lowest BCUT2D eigenvalue weighted by atomic mass is 9.92. The van der Waals surface area contributed by atoms with Crippen molar-refractivity contribution >= 4 is 55.3 Å². The molecular weight excluding hydrogens is 470 g/mol. The van der Waals surface area contributed by atoms with Gasteiger partial charge in [-0.25, -0.2) is 0 Å². The molecule has 0 aliphatic rings. The van der Waals surface area contributed by atoms with Crippen LogP contribution in [0, 0.1) is 45.3 Å². The Balaban J connectivity index is 2.15. The summed E-state index contributed by atoms with van der Waals surface area (Å²) in [5.41, 5.74) is 5.75. The van der Waals surface area contributed by atoms with Gasteiger partial charge in [0.05, 0.1) is 26.1 Å². The van der Waals surface area contributed by atoms with E-state index in [2.05, 4.69) is 50.5 Å². The molecule has 0 radical (unpaired) electrons. The summed E-state index contributed by atoms with van der Waals surface area (Å²) in [5, 5.41) is 37.0. The van der Waals surface area contributed by atoms with Crippen LogP contribution in [0.5, 0.6) is 0 Å². The molecule has 0 aliphatic carbocycles. The smallest absolute Gasteiger partial charge is 0.131 e. The summed E-state index contributed by atoms with van der Waals surface area (Å²) < 4.78 is 4.37. The maximum absolute atomic E-state index is 9.25. The van der Waals surface area contributed by atoms with E-state index in [4.69, 9.17) is 0 Å². The monoisotopic (exact) mass is 491 g/mol. The molecule has 0 saturated heterocycles. The molecular formula is C28H21N5S2. The second-order valence-electron chi connectivity index (χ2n) is 8.72. The van der Waals surface area contributed by atoms with Crippen molar-refractivity contribution in [2.24, 2.45) is 0 Å². The van der Waals surface area contributed by atoms with Crippen LogP contribution in [0.3, 0.4) is 0 Å². The van der Waals surface area contributed by atoms with Crippen LogP contribution < -0.4 is 0 Å². The fraction of sp³-hybridized carbons (Fsp3) is 0.214. The molecule has 7 heteroatoms. The number of hydrogen-bond donors (Lipinski definition) is 0. The Bertz CT molecular complexity index is 1540. The third-order valence-corrected chi connectivity index (χ3v) is 8.08. The highest BCUT2D eigenvalue weighted by atomic mass is 32.1. The lowest BCUT2D eigenvalue weighted by Gasteiger charge is -2.21. The first-order chi connectivity index (χ1) is 16.8. The summed E-state index contributed by atoms with van der Waals surface area (Å²) >= 11 is 3.07. The van der Waals surface area contributed by atoms with Gasteiger partial charge < -0.3 is 4.57 Å². The molecule has 0 spiro atoms. The molecule has 0 atom stereocenters. The van der Waals surface area contributed by atoms with Gasteiger partial charge in [-0.3, -0.25) is 0 Å². The number of rotatable bonds is 5.